The molecule has 7 nitrogen and oxygen atoms in total. The lowest BCUT2D eigenvalue weighted by Gasteiger charge is -2.33. The number of hydrogen-bond donors (Lipinski definition) is 1. The number of aliphatic hydroxyl groups is 1. The van der Waals surface area contributed by atoms with Gasteiger partial charge in [-0.1, -0.05) is 29.3 Å². The van der Waals surface area contributed by atoms with Gasteiger partial charge < -0.3 is 5.11 Å². The van der Waals surface area contributed by atoms with Gasteiger partial charge in [0.15, 0.2) is 15.6 Å². The maximum Gasteiger partial charge on any atom is 0.232 e. The molecule has 0 amide bonds. The van der Waals surface area contributed by atoms with E-state index in [0.717, 1.165) is 22.8 Å². The van der Waals surface area contributed by atoms with Crippen LogP contribution in [-0.2, 0) is 24.6 Å². The molecule has 0 bridgehead atoms. The molecule has 1 aliphatic heterocycles. The first-order valence-corrected chi connectivity index (χ1v) is 12.5. The van der Waals surface area contributed by atoms with E-state index in [1.807, 2.05) is 0 Å². The molecule has 1 aromatic carbocycles. The molecule has 0 aliphatic carbocycles. The first kappa shape index (κ1) is 22.8. The summed E-state index contributed by atoms with van der Waals surface area (Å²) in [6.07, 6.45) is 1.78. The summed E-state index contributed by atoms with van der Waals surface area (Å²) in [5.74, 6) is -1.48. The maximum atomic E-state index is 13.7. The normalized spacial score (nSPS) is 17.6. The zero-order valence-electron chi connectivity index (χ0n) is 16.2. The van der Waals surface area contributed by atoms with Crippen molar-refractivity contribution in [3.63, 3.8) is 0 Å². The molecule has 0 saturated carbocycles. The number of anilines is 1. The summed E-state index contributed by atoms with van der Waals surface area (Å²) in [6.45, 7) is 2.70. The number of rotatable bonds is 3. The lowest BCUT2D eigenvalue weighted by Crippen LogP contribution is -2.35. The van der Waals surface area contributed by atoms with Crippen LogP contribution in [0.15, 0.2) is 24.4 Å². The minimum atomic E-state index is -4.32. The Morgan fingerprint density at radius 2 is 1.83 bits per heavy atom. The van der Waals surface area contributed by atoms with E-state index in [1.54, 1.807) is 0 Å². The van der Waals surface area contributed by atoms with Gasteiger partial charge in [0.1, 0.15) is 16.4 Å². The number of pyridine rings is 1. The van der Waals surface area contributed by atoms with E-state index in [2.05, 4.69) is 4.98 Å². The van der Waals surface area contributed by atoms with Crippen molar-refractivity contribution in [2.75, 3.05) is 17.6 Å². The van der Waals surface area contributed by atoms with Gasteiger partial charge in [0.25, 0.3) is 0 Å². The van der Waals surface area contributed by atoms with E-state index in [0.29, 0.717) is 0 Å². The van der Waals surface area contributed by atoms with Crippen molar-refractivity contribution in [2.24, 2.45) is 0 Å². The molecule has 30 heavy (non-hydrogen) atoms. The number of aromatic nitrogens is 1. The minimum Gasteiger partial charge on any atom is -0.504 e. The van der Waals surface area contributed by atoms with Crippen molar-refractivity contribution < 1.29 is 26.3 Å². The fourth-order valence-electron chi connectivity index (χ4n) is 3.16. The molecule has 1 N–H and O–H groups in total. The topological polar surface area (TPSA) is 105 Å². The molecule has 0 unspecified atom stereocenters. The van der Waals surface area contributed by atoms with Crippen LogP contribution in [0.4, 0.5) is 10.1 Å². The van der Waals surface area contributed by atoms with E-state index < -0.39 is 41.1 Å². The summed E-state index contributed by atoms with van der Waals surface area (Å²) in [6, 6.07) is 3.54. The number of aliphatic hydroxyl groups excluding tert-OH is 1. The van der Waals surface area contributed by atoms with Gasteiger partial charge in [-0.05, 0) is 26.0 Å². The molecule has 162 valence electrons. The molecule has 12 heteroatoms. The quantitative estimate of drug-likeness (QED) is 0.691. The van der Waals surface area contributed by atoms with Gasteiger partial charge in [-0.3, -0.25) is 4.31 Å². The highest BCUT2D eigenvalue weighted by Gasteiger charge is 2.48. The van der Waals surface area contributed by atoms with Gasteiger partial charge in [0.2, 0.25) is 10.0 Å². The molecule has 2 aromatic rings. The van der Waals surface area contributed by atoms with Crippen molar-refractivity contribution in [3.8, 4) is 0 Å². The average molecular weight is 495 g/mol. The molecule has 0 radical (unpaired) electrons. The molecular weight excluding hydrogens is 478 g/mol. The van der Waals surface area contributed by atoms with E-state index in [-0.39, 0.29) is 32.6 Å². The van der Waals surface area contributed by atoms with E-state index >= 15 is 0 Å². The molecule has 0 spiro atoms. The predicted molar refractivity (Wildman–Crippen MR) is 115 cm³/mol. The van der Waals surface area contributed by atoms with E-state index in [1.165, 1.54) is 33.0 Å². The SMILES string of the molecule is CN(c1c(Cl)ccc(C2=C(O)c3ncc(F)cc3C(C)(C)S2(=O)=O)c1Cl)S(C)(=O)=O. The van der Waals surface area contributed by atoms with Gasteiger partial charge >= 0.3 is 0 Å². The molecule has 3 rings (SSSR count). The Labute approximate surface area is 183 Å². The van der Waals surface area contributed by atoms with Crippen LogP contribution in [0.2, 0.25) is 10.0 Å². The largest absolute Gasteiger partial charge is 0.504 e. The summed E-state index contributed by atoms with van der Waals surface area (Å²) < 4.78 is 63.8. The van der Waals surface area contributed by atoms with Crippen LogP contribution in [0.25, 0.3) is 10.7 Å². The van der Waals surface area contributed by atoms with E-state index in [4.69, 9.17) is 23.2 Å². The Kier molecular flexibility index (Phi) is 5.38. The molecule has 0 fully saturated rings. The van der Waals surface area contributed by atoms with Crippen molar-refractivity contribution >= 4 is 59.4 Å². The summed E-state index contributed by atoms with van der Waals surface area (Å²) in [4.78, 5) is 3.31. The predicted octanol–water partition coefficient (Wildman–Crippen LogP) is 3.97. The number of benzene rings is 1. The number of halogens is 3. The van der Waals surface area contributed by atoms with Crippen LogP contribution in [-0.4, -0.2) is 40.2 Å². The summed E-state index contributed by atoms with van der Waals surface area (Å²) in [5.41, 5.74) is -0.434. The monoisotopic (exact) mass is 494 g/mol. The average Bonchev–Trinajstić information content (AvgIpc) is 2.61. The zero-order valence-corrected chi connectivity index (χ0v) is 19.4. The van der Waals surface area contributed by atoms with Crippen LogP contribution < -0.4 is 4.31 Å². The van der Waals surface area contributed by atoms with Crippen molar-refractivity contribution in [3.05, 3.63) is 57.1 Å². The van der Waals surface area contributed by atoms with Crippen LogP contribution in [0.5, 0.6) is 0 Å². The second-order valence-corrected chi connectivity index (χ2v) is 12.5. The van der Waals surface area contributed by atoms with Crippen molar-refractivity contribution in [1.29, 1.82) is 0 Å². The van der Waals surface area contributed by atoms with Crippen LogP contribution >= 0.6 is 23.2 Å². The molecule has 1 aliphatic rings. The number of sulfonamides is 1. The minimum absolute atomic E-state index is 0.0117. The third-order valence-corrected chi connectivity index (χ3v) is 9.39. The molecular formula is C18H17Cl2FN2O5S2. The Morgan fingerprint density at radius 1 is 1.23 bits per heavy atom. The summed E-state index contributed by atoms with van der Waals surface area (Å²) in [5, 5.41) is 10.5. The second kappa shape index (κ2) is 7.08. The Hall–Kier alpha value is -1.88. The van der Waals surface area contributed by atoms with Crippen molar-refractivity contribution in [2.45, 2.75) is 18.6 Å². The van der Waals surface area contributed by atoms with Gasteiger partial charge in [-0.15, -0.1) is 0 Å². The number of hydrogen-bond acceptors (Lipinski definition) is 6. The molecule has 1 aromatic heterocycles. The summed E-state index contributed by atoms with van der Waals surface area (Å²) in [7, 11) is -6.90. The Balaban J connectivity index is 2.44. The fraction of sp³-hybridized carbons (Fsp3) is 0.278. The summed E-state index contributed by atoms with van der Waals surface area (Å²) >= 11 is 12.5. The molecule has 0 saturated heterocycles. The van der Waals surface area contributed by atoms with Crippen LogP contribution in [0, 0.1) is 5.82 Å². The lowest BCUT2D eigenvalue weighted by atomic mass is 9.97. The number of sulfone groups is 1. The van der Waals surface area contributed by atoms with Gasteiger partial charge in [-0.2, -0.15) is 0 Å². The highest BCUT2D eigenvalue weighted by Crippen LogP contribution is 2.50. The Morgan fingerprint density at radius 3 is 2.40 bits per heavy atom. The first-order valence-electron chi connectivity index (χ1n) is 8.39. The van der Waals surface area contributed by atoms with Gasteiger partial charge in [-0.25, -0.2) is 26.2 Å². The van der Waals surface area contributed by atoms with Gasteiger partial charge in [0.05, 0.1) is 32.9 Å². The lowest BCUT2D eigenvalue weighted by molar-refractivity contribution is 0.499. The fourth-order valence-corrected chi connectivity index (χ4v) is 6.33. The van der Waals surface area contributed by atoms with Crippen LogP contribution in [0.3, 0.4) is 0 Å². The third-order valence-electron chi connectivity index (χ3n) is 5.01. The number of fused-ring (bicyclic) bond motifs is 1. The number of nitrogens with zero attached hydrogens (tertiary/aromatic N) is 2. The Bertz CT molecular complexity index is 1320. The first-order chi connectivity index (χ1) is 13.6. The van der Waals surface area contributed by atoms with Crippen LogP contribution in [0.1, 0.15) is 30.7 Å². The van der Waals surface area contributed by atoms with Crippen molar-refractivity contribution in [1.82, 2.24) is 4.98 Å². The highest BCUT2D eigenvalue weighted by atomic mass is 35.5. The van der Waals surface area contributed by atoms with E-state index in [9.17, 15) is 26.3 Å². The smallest absolute Gasteiger partial charge is 0.232 e. The maximum absolute atomic E-state index is 13.7. The second-order valence-electron chi connectivity index (χ2n) is 7.23. The molecule has 2 heterocycles. The molecule has 0 atom stereocenters. The third kappa shape index (κ3) is 3.26. The highest BCUT2D eigenvalue weighted by molar-refractivity contribution is 8.01. The standard InChI is InChI=1S/C18H17Cl2FN2O5S2/c1-18(2)11-7-9(21)8-22-14(11)16(24)17(30(18,27)28)10-5-6-12(19)15(13(10)20)23(3)29(4,25)26/h5-8,24H,1-4H3. The van der Waals surface area contributed by atoms with Gasteiger partial charge in [0, 0.05) is 18.2 Å². The zero-order chi connectivity index (χ0) is 22.8.